The van der Waals surface area contributed by atoms with Crippen LogP contribution in [0.15, 0.2) is 77.7 Å². The molecule has 2 heterocycles. The van der Waals surface area contributed by atoms with Crippen molar-refractivity contribution in [3.8, 4) is 6.07 Å². The van der Waals surface area contributed by atoms with Crippen molar-refractivity contribution in [2.24, 2.45) is 7.05 Å². The van der Waals surface area contributed by atoms with Crippen LogP contribution in [0.2, 0.25) is 5.04 Å². The molecule has 8 heteroatoms. The lowest BCUT2D eigenvalue weighted by atomic mass is 10.2. The smallest absolute Gasteiger partial charge is 0.352 e. The minimum absolute atomic E-state index is 0.0417. The van der Waals surface area contributed by atoms with E-state index >= 15 is 0 Å². The minimum Gasteiger partial charge on any atom is -0.477 e. The van der Waals surface area contributed by atoms with E-state index in [4.69, 9.17) is 4.43 Å². The number of benzene rings is 2. The Kier molecular flexibility index (Phi) is 6.72. The zero-order valence-electron chi connectivity index (χ0n) is 20.9. The number of nitrogens with zero attached hydrogens (tertiary/aromatic N) is 3. The molecule has 2 aromatic carbocycles. The number of aryl methyl sites for hydroxylation is 1. The summed E-state index contributed by atoms with van der Waals surface area (Å²) in [6.07, 6.45) is 1.49. The van der Waals surface area contributed by atoms with Crippen LogP contribution in [-0.2, 0) is 18.0 Å². The van der Waals surface area contributed by atoms with Gasteiger partial charge in [-0.05, 0) is 21.5 Å². The molecule has 4 rings (SSSR count). The number of carboxylic acid groups (broad SMARTS) is 1. The van der Waals surface area contributed by atoms with Crippen LogP contribution in [0.25, 0.3) is 10.9 Å². The first kappa shape index (κ1) is 25.2. The Labute approximate surface area is 210 Å². The molecule has 0 amide bonds. The van der Waals surface area contributed by atoms with E-state index in [1.165, 1.54) is 21.4 Å². The highest BCUT2D eigenvalue weighted by molar-refractivity contribution is 6.99. The number of pyridine rings is 1. The molecular formula is C28H29N3O4Si. The van der Waals surface area contributed by atoms with Gasteiger partial charge in [-0.15, -0.1) is 0 Å². The van der Waals surface area contributed by atoms with Gasteiger partial charge in [-0.25, -0.2) is 4.79 Å². The Bertz CT molecular complexity index is 1470. The molecule has 7 nitrogen and oxygen atoms in total. The minimum atomic E-state index is -2.78. The van der Waals surface area contributed by atoms with E-state index in [1.54, 1.807) is 7.05 Å². The number of aromatic carboxylic acids is 1. The Morgan fingerprint density at radius 1 is 1.06 bits per heavy atom. The van der Waals surface area contributed by atoms with Gasteiger partial charge in [-0.2, -0.15) is 5.26 Å². The summed E-state index contributed by atoms with van der Waals surface area (Å²) in [5.74, 6) is -1.15. The summed E-state index contributed by atoms with van der Waals surface area (Å²) in [7, 11) is -1.23. The number of carboxylic acids is 1. The lowest BCUT2D eigenvalue weighted by Gasteiger charge is -2.43. The molecule has 0 aliphatic rings. The Morgan fingerprint density at radius 3 is 2.08 bits per heavy atom. The van der Waals surface area contributed by atoms with E-state index in [0.29, 0.717) is 5.52 Å². The van der Waals surface area contributed by atoms with Gasteiger partial charge in [0.15, 0.2) is 0 Å². The van der Waals surface area contributed by atoms with Crippen LogP contribution >= 0.6 is 0 Å². The molecule has 0 saturated carbocycles. The van der Waals surface area contributed by atoms with Crippen molar-refractivity contribution in [1.29, 1.82) is 5.26 Å². The third-order valence-electron chi connectivity index (χ3n) is 6.67. The van der Waals surface area contributed by atoms with Gasteiger partial charge >= 0.3 is 5.97 Å². The van der Waals surface area contributed by atoms with E-state index in [0.717, 1.165) is 10.4 Å². The van der Waals surface area contributed by atoms with E-state index in [-0.39, 0.29) is 40.4 Å². The molecule has 0 saturated heterocycles. The fraction of sp³-hybridized carbons (Fsp3) is 0.250. The summed E-state index contributed by atoms with van der Waals surface area (Å²) in [6.45, 7) is 7.03. The SMILES string of the molecule is Cn1c(C(=O)O)cc2c(=O)n(CCO[Si](c3ccccc3)(c3ccccc3)C(C)(C)C)cc(C#N)c21. The van der Waals surface area contributed by atoms with Crippen molar-refractivity contribution in [3.05, 3.63) is 94.5 Å². The van der Waals surface area contributed by atoms with Crippen LogP contribution in [-0.4, -0.2) is 35.1 Å². The van der Waals surface area contributed by atoms with Gasteiger partial charge in [0.2, 0.25) is 0 Å². The van der Waals surface area contributed by atoms with Crippen LogP contribution in [0.5, 0.6) is 0 Å². The summed E-state index contributed by atoms with van der Waals surface area (Å²) < 4.78 is 9.70. The second kappa shape index (κ2) is 9.61. The lowest BCUT2D eigenvalue weighted by Crippen LogP contribution is -2.66. The van der Waals surface area contributed by atoms with Crippen LogP contribution in [0.1, 0.15) is 36.8 Å². The Hall–Kier alpha value is -3.93. The summed E-state index contributed by atoms with van der Waals surface area (Å²) >= 11 is 0. The number of hydrogen-bond acceptors (Lipinski definition) is 4. The molecular weight excluding hydrogens is 470 g/mol. The largest absolute Gasteiger partial charge is 0.477 e. The maximum absolute atomic E-state index is 13.3. The number of fused-ring (bicyclic) bond motifs is 1. The van der Waals surface area contributed by atoms with Crippen LogP contribution in [0.3, 0.4) is 0 Å². The highest BCUT2D eigenvalue weighted by Gasteiger charge is 2.50. The van der Waals surface area contributed by atoms with Crippen LogP contribution < -0.4 is 15.9 Å². The van der Waals surface area contributed by atoms with Gasteiger partial charge in [-0.1, -0.05) is 81.4 Å². The third-order valence-corrected chi connectivity index (χ3v) is 11.7. The molecule has 0 bridgehead atoms. The van der Waals surface area contributed by atoms with Gasteiger partial charge in [0.1, 0.15) is 11.8 Å². The van der Waals surface area contributed by atoms with E-state index < -0.39 is 14.3 Å². The average Bonchev–Trinajstić information content (AvgIpc) is 3.21. The normalized spacial score (nSPS) is 12.0. The van der Waals surface area contributed by atoms with Crippen molar-refractivity contribution in [1.82, 2.24) is 9.13 Å². The number of nitriles is 1. The first-order valence-corrected chi connectivity index (χ1v) is 13.6. The predicted octanol–water partition coefficient (Wildman–Crippen LogP) is 3.49. The Morgan fingerprint density at radius 2 is 1.61 bits per heavy atom. The third kappa shape index (κ3) is 4.17. The van der Waals surface area contributed by atoms with Crippen molar-refractivity contribution < 1.29 is 14.3 Å². The fourth-order valence-electron chi connectivity index (χ4n) is 5.03. The van der Waals surface area contributed by atoms with Gasteiger partial charge in [-0.3, -0.25) is 4.79 Å². The maximum Gasteiger partial charge on any atom is 0.352 e. The van der Waals surface area contributed by atoms with E-state index in [2.05, 4.69) is 51.1 Å². The second-order valence-corrected chi connectivity index (χ2v) is 14.1. The molecule has 0 atom stereocenters. The summed E-state index contributed by atoms with van der Waals surface area (Å²) in [4.78, 5) is 24.9. The molecule has 0 fully saturated rings. The molecule has 2 aromatic heterocycles. The molecule has 0 aliphatic heterocycles. The van der Waals surface area contributed by atoms with Gasteiger partial charge in [0.25, 0.3) is 13.9 Å². The van der Waals surface area contributed by atoms with Crippen molar-refractivity contribution in [2.45, 2.75) is 32.4 Å². The monoisotopic (exact) mass is 499 g/mol. The zero-order valence-corrected chi connectivity index (χ0v) is 21.9. The highest BCUT2D eigenvalue weighted by atomic mass is 28.4. The van der Waals surface area contributed by atoms with Crippen LogP contribution in [0, 0.1) is 11.3 Å². The topological polar surface area (TPSA) is 97.2 Å². The Balaban J connectivity index is 1.77. The second-order valence-electron chi connectivity index (χ2n) is 9.82. The molecule has 184 valence electrons. The molecule has 0 spiro atoms. The van der Waals surface area contributed by atoms with Crippen molar-refractivity contribution in [2.75, 3.05) is 6.61 Å². The molecule has 0 unspecified atom stereocenters. The molecule has 0 aliphatic carbocycles. The van der Waals surface area contributed by atoms with E-state index in [9.17, 15) is 20.0 Å². The van der Waals surface area contributed by atoms with Gasteiger partial charge < -0.3 is 18.7 Å². The molecule has 1 N–H and O–H groups in total. The van der Waals surface area contributed by atoms with Gasteiger partial charge in [0, 0.05) is 19.8 Å². The molecule has 36 heavy (non-hydrogen) atoms. The average molecular weight is 500 g/mol. The number of hydrogen-bond donors (Lipinski definition) is 1. The van der Waals surface area contributed by atoms with Crippen molar-refractivity contribution >= 4 is 35.6 Å². The summed E-state index contributed by atoms with van der Waals surface area (Å²) in [6, 6.07) is 23.9. The predicted molar refractivity (Wildman–Crippen MR) is 142 cm³/mol. The van der Waals surface area contributed by atoms with E-state index in [1.807, 2.05) is 36.4 Å². The quantitative estimate of drug-likeness (QED) is 0.393. The van der Waals surface area contributed by atoms with Gasteiger partial charge in [0.05, 0.1) is 23.1 Å². The lowest BCUT2D eigenvalue weighted by molar-refractivity contribution is 0.0687. The maximum atomic E-state index is 13.3. The van der Waals surface area contributed by atoms with Crippen molar-refractivity contribution in [3.63, 3.8) is 0 Å². The number of aromatic nitrogens is 2. The molecule has 4 aromatic rings. The molecule has 0 radical (unpaired) electrons. The first-order chi connectivity index (χ1) is 17.1. The standard InChI is InChI=1S/C28H29N3O4Si/c1-28(2,3)36(21-11-7-5-8-12-21,22-13-9-6-10-14-22)35-16-15-31-19-20(18-29)25-23(26(31)32)17-24(27(33)34)30(25)4/h5-14,17,19H,15-16H2,1-4H3,(H,33,34). The first-order valence-electron chi connectivity index (χ1n) is 11.7. The zero-order chi connectivity index (χ0) is 26.1. The summed E-state index contributed by atoms with van der Waals surface area (Å²) in [5.41, 5.74) is 0.173. The number of carbonyl (C=O) groups is 1. The highest BCUT2D eigenvalue weighted by Crippen LogP contribution is 2.36. The number of rotatable bonds is 7. The van der Waals surface area contributed by atoms with Crippen LogP contribution in [0.4, 0.5) is 0 Å². The fourth-order valence-corrected chi connectivity index (χ4v) is 9.59. The summed E-state index contributed by atoms with van der Waals surface area (Å²) in [5, 5.41) is 21.5.